The lowest BCUT2D eigenvalue weighted by Crippen LogP contribution is -2.36. The Labute approximate surface area is 150 Å². The van der Waals surface area contributed by atoms with Crippen molar-refractivity contribution in [2.75, 3.05) is 13.7 Å². The molecule has 1 aliphatic heterocycles. The maximum atomic E-state index is 12.4. The molecule has 1 unspecified atom stereocenters. The summed E-state index contributed by atoms with van der Waals surface area (Å²) in [5.41, 5.74) is 5.74. The maximum Gasteiger partial charge on any atom is 0.293 e. The average molecular weight is 364 g/mol. The lowest BCUT2D eigenvalue weighted by Gasteiger charge is -2.19. The van der Waals surface area contributed by atoms with E-state index in [4.69, 9.17) is 15.2 Å². The quantitative estimate of drug-likeness (QED) is 0.746. The number of primary amides is 1. The maximum absolute atomic E-state index is 12.4. The second-order valence-corrected chi connectivity index (χ2v) is 6.47. The predicted molar refractivity (Wildman–Crippen MR) is 95.2 cm³/mol. The molecule has 1 aliphatic rings. The van der Waals surface area contributed by atoms with Gasteiger partial charge in [0.25, 0.3) is 17.1 Å². The molecule has 0 radical (unpaired) electrons. The van der Waals surface area contributed by atoms with Crippen molar-refractivity contribution in [1.29, 1.82) is 0 Å². The molecule has 0 saturated carbocycles. The minimum atomic E-state index is -0.593. The van der Waals surface area contributed by atoms with Crippen molar-refractivity contribution in [2.45, 2.75) is 26.3 Å². The van der Waals surface area contributed by atoms with Gasteiger partial charge in [-0.3, -0.25) is 19.3 Å². The van der Waals surface area contributed by atoms with Crippen LogP contribution in [0.25, 0.3) is 6.08 Å². The molecule has 0 bridgehead atoms. The molecule has 25 heavy (non-hydrogen) atoms. The molecule has 1 fully saturated rings. The lowest BCUT2D eigenvalue weighted by molar-refractivity contribution is -0.124. The lowest BCUT2D eigenvalue weighted by atomic mass is 10.1. The van der Waals surface area contributed by atoms with Crippen LogP contribution in [-0.2, 0) is 9.59 Å². The molecule has 2 N–H and O–H groups in total. The predicted octanol–water partition coefficient (Wildman–Crippen LogP) is 2.39. The van der Waals surface area contributed by atoms with Crippen molar-refractivity contribution in [3.8, 4) is 11.5 Å². The van der Waals surface area contributed by atoms with Crippen molar-refractivity contribution in [3.63, 3.8) is 0 Å². The van der Waals surface area contributed by atoms with Gasteiger partial charge in [-0.05, 0) is 48.9 Å². The second-order valence-electron chi connectivity index (χ2n) is 5.47. The molecule has 7 nitrogen and oxygen atoms in total. The fourth-order valence-electron chi connectivity index (χ4n) is 2.24. The first kappa shape index (κ1) is 18.9. The number of imide groups is 1. The van der Waals surface area contributed by atoms with Gasteiger partial charge in [0.05, 0.1) is 12.0 Å². The van der Waals surface area contributed by atoms with Crippen molar-refractivity contribution >= 4 is 34.9 Å². The highest BCUT2D eigenvalue weighted by Crippen LogP contribution is 2.35. The Bertz CT molecular complexity index is 732. The Morgan fingerprint density at radius 1 is 1.36 bits per heavy atom. The van der Waals surface area contributed by atoms with E-state index in [0.717, 1.165) is 11.8 Å². The highest BCUT2D eigenvalue weighted by Gasteiger charge is 2.37. The summed E-state index contributed by atoms with van der Waals surface area (Å²) in [6.45, 7) is 3.50. The Kier molecular flexibility index (Phi) is 6.08. The molecule has 134 valence electrons. The van der Waals surface area contributed by atoms with Crippen LogP contribution in [0.4, 0.5) is 4.79 Å². The second kappa shape index (κ2) is 8.06. The number of carbonyl (C=O) groups is 3. The van der Waals surface area contributed by atoms with Crippen LogP contribution in [0.5, 0.6) is 11.5 Å². The van der Waals surface area contributed by atoms with E-state index >= 15 is 0 Å². The van der Waals surface area contributed by atoms with Crippen molar-refractivity contribution in [3.05, 3.63) is 28.7 Å². The van der Waals surface area contributed by atoms with Crippen molar-refractivity contribution in [1.82, 2.24) is 4.90 Å². The minimum absolute atomic E-state index is 0.141. The standard InChI is InChI=1S/C17H20N2O5S/c1-4-10(2)19-16(21)14(25-17(19)22)8-11-5-6-12(13(7-11)23-3)24-9-15(18)20/h5-8,10H,4,9H2,1-3H3,(H2,18,20)/b14-8+. The van der Waals surface area contributed by atoms with Gasteiger partial charge in [-0.15, -0.1) is 0 Å². The van der Waals surface area contributed by atoms with E-state index < -0.39 is 5.91 Å². The zero-order chi connectivity index (χ0) is 18.6. The largest absolute Gasteiger partial charge is 0.493 e. The fraction of sp³-hybridized carbons (Fsp3) is 0.353. The number of nitrogens with two attached hydrogens (primary N) is 1. The molecule has 1 aromatic rings. The smallest absolute Gasteiger partial charge is 0.293 e. The summed E-state index contributed by atoms with van der Waals surface area (Å²) in [6, 6.07) is 4.84. The molecule has 8 heteroatoms. The first-order valence-corrected chi connectivity index (χ1v) is 8.55. The van der Waals surface area contributed by atoms with Gasteiger partial charge in [-0.1, -0.05) is 13.0 Å². The van der Waals surface area contributed by atoms with Gasteiger partial charge in [0, 0.05) is 6.04 Å². The van der Waals surface area contributed by atoms with Crippen LogP contribution in [0.3, 0.4) is 0 Å². The Hall–Kier alpha value is -2.48. The van der Waals surface area contributed by atoms with E-state index in [0.29, 0.717) is 28.4 Å². The molecule has 1 atom stereocenters. The number of hydrogen-bond donors (Lipinski definition) is 1. The number of amides is 3. The first-order valence-electron chi connectivity index (χ1n) is 7.73. The number of rotatable bonds is 7. The normalized spacial score (nSPS) is 17.1. The fourth-order valence-corrected chi connectivity index (χ4v) is 3.17. The van der Waals surface area contributed by atoms with Gasteiger partial charge in [0.2, 0.25) is 0 Å². The number of methoxy groups -OCH3 is 1. The van der Waals surface area contributed by atoms with Crippen LogP contribution in [0.15, 0.2) is 23.1 Å². The molecule has 0 aromatic heterocycles. The summed E-state index contributed by atoms with van der Waals surface area (Å²) < 4.78 is 10.5. The van der Waals surface area contributed by atoms with E-state index in [9.17, 15) is 14.4 Å². The average Bonchev–Trinajstić information content (AvgIpc) is 2.86. The van der Waals surface area contributed by atoms with E-state index in [1.807, 2.05) is 13.8 Å². The Morgan fingerprint density at radius 2 is 2.08 bits per heavy atom. The number of hydrogen-bond acceptors (Lipinski definition) is 6. The summed E-state index contributed by atoms with van der Waals surface area (Å²) in [7, 11) is 1.47. The van der Waals surface area contributed by atoms with E-state index in [1.165, 1.54) is 12.0 Å². The van der Waals surface area contributed by atoms with E-state index in [1.54, 1.807) is 24.3 Å². The molecular formula is C17H20N2O5S. The van der Waals surface area contributed by atoms with Crippen LogP contribution < -0.4 is 15.2 Å². The summed E-state index contributed by atoms with van der Waals surface area (Å²) >= 11 is 0.917. The molecule has 1 saturated heterocycles. The summed E-state index contributed by atoms with van der Waals surface area (Å²) in [4.78, 5) is 36.9. The molecule has 2 rings (SSSR count). The van der Waals surface area contributed by atoms with Gasteiger partial charge in [0.15, 0.2) is 18.1 Å². The van der Waals surface area contributed by atoms with Gasteiger partial charge >= 0.3 is 0 Å². The Morgan fingerprint density at radius 3 is 2.68 bits per heavy atom. The molecule has 0 aliphatic carbocycles. The van der Waals surface area contributed by atoms with Crippen LogP contribution in [0.2, 0.25) is 0 Å². The number of carbonyl (C=O) groups excluding carboxylic acids is 3. The topological polar surface area (TPSA) is 98.9 Å². The zero-order valence-electron chi connectivity index (χ0n) is 14.3. The highest BCUT2D eigenvalue weighted by atomic mass is 32.2. The number of nitrogens with zero attached hydrogens (tertiary/aromatic N) is 1. The number of benzene rings is 1. The number of ether oxygens (including phenoxy) is 2. The summed E-state index contributed by atoms with van der Waals surface area (Å²) in [5, 5.41) is -0.265. The monoisotopic (exact) mass is 364 g/mol. The van der Waals surface area contributed by atoms with E-state index in [2.05, 4.69) is 0 Å². The van der Waals surface area contributed by atoms with Gasteiger partial charge in [-0.25, -0.2) is 0 Å². The summed E-state index contributed by atoms with van der Waals surface area (Å²) in [5.74, 6) is -0.121. The van der Waals surface area contributed by atoms with Gasteiger partial charge < -0.3 is 15.2 Å². The molecule has 1 aromatic carbocycles. The number of thioether (sulfide) groups is 1. The summed E-state index contributed by atoms with van der Waals surface area (Å²) in [6.07, 6.45) is 2.33. The molecule has 0 spiro atoms. The van der Waals surface area contributed by atoms with Crippen LogP contribution >= 0.6 is 11.8 Å². The SMILES string of the molecule is CCC(C)N1C(=O)S/C(=C/c2ccc(OCC(N)=O)c(OC)c2)C1=O. The van der Waals surface area contributed by atoms with Gasteiger partial charge in [-0.2, -0.15) is 0 Å². The minimum Gasteiger partial charge on any atom is -0.493 e. The van der Waals surface area contributed by atoms with Crippen LogP contribution in [0, 0.1) is 0 Å². The Balaban J connectivity index is 2.25. The zero-order valence-corrected chi connectivity index (χ0v) is 15.1. The molecular weight excluding hydrogens is 344 g/mol. The third-order valence-electron chi connectivity index (χ3n) is 3.71. The van der Waals surface area contributed by atoms with E-state index in [-0.39, 0.29) is 23.8 Å². The third-order valence-corrected chi connectivity index (χ3v) is 4.59. The molecule has 1 heterocycles. The molecule has 3 amide bonds. The highest BCUT2D eigenvalue weighted by molar-refractivity contribution is 8.18. The van der Waals surface area contributed by atoms with Crippen molar-refractivity contribution < 1.29 is 23.9 Å². The van der Waals surface area contributed by atoms with Crippen LogP contribution in [0.1, 0.15) is 25.8 Å². The van der Waals surface area contributed by atoms with Gasteiger partial charge in [0.1, 0.15) is 0 Å². The van der Waals surface area contributed by atoms with Crippen molar-refractivity contribution in [2.24, 2.45) is 5.73 Å². The van der Waals surface area contributed by atoms with Crippen LogP contribution in [-0.4, -0.2) is 41.7 Å². The first-order chi connectivity index (χ1) is 11.9. The third kappa shape index (κ3) is 4.33.